The second-order valence-electron chi connectivity index (χ2n) is 10.9. The Morgan fingerprint density at radius 3 is 2.31 bits per heavy atom. The van der Waals surface area contributed by atoms with E-state index in [9.17, 15) is 14.2 Å². The van der Waals surface area contributed by atoms with Crippen LogP contribution in [0.2, 0.25) is 25.7 Å². The fourth-order valence-electron chi connectivity index (χ4n) is 4.42. The van der Waals surface area contributed by atoms with Gasteiger partial charge in [-0.25, -0.2) is 4.79 Å². The third-order valence-corrected chi connectivity index (χ3v) is 10.3. The molecule has 9 nitrogen and oxygen atoms in total. The molecule has 0 aliphatic carbocycles. The number of hydrogen-bond donors (Lipinski definition) is 0. The molecule has 1 aromatic rings. The Morgan fingerprint density at radius 2 is 1.77 bits per heavy atom. The Bertz CT molecular complexity index is 1100. The molecule has 1 amide bonds. The van der Waals surface area contributed by atoms with Crippen LogP contribution in [0.5, 0.6) is 11.5 Å². The van der Waals surface area contributed by atoms with Gasteiger partial charge < -0.3 is 28.2 Å². The van der Waals surface area contributed by atoms with Crippen LogP contribution in [-0.2, 0) is 36.2 Å². The summed E-state index contributed by atoms with van der Waals surface area (Å²) in [5, 5.41) is 0. The monoisotopic (exact) mass is 583 g/mol. The summed E-state index contributed by atoms with van der Waals surface area (Å²) in [6, 6.07) is 0.947. The van der Waals surface area contributed by atoms with Gasteiger partial charge in [-0.1, -0.05) is 31.3 Å². The van der Waals surface area contributed by atoms with Gasteiger partial charge in [-0.05, 0) is 45.7 Å². The molecular weight excluding hydrogens is 537 g/mol. The predicted molar refractivity (Wildman–Crippen MR) is 156 cm³/mol. The molecular formula is C28H46NO8PSi. The van der Waals surface area contributed by atoms with Crippen LogP contribution in [0.25, 0.3) is 0 Å². The van der Waals surface area contributed by atoms with Gasteiger partial charge in [0.1, 0.15) is 23.7 Å². The van der Waals surface area contributed by atoms with E-state index >= 15 is 0 Å². The molecule has 0 fully saturated rings. The van der Waals surface area contributed by atoms with E-state index in [0.29, 0.717) is 36.6 Å². The third-order valence-electron chi connectivity index (χ3n) is 6.56. The minimum absolute atomic E-state index is 0.122. The highest BCUT2D eigenvalue weighted by Crippen LogP contribution is 2.47. The number of ether oxygens (including phenoxy) is 3. The lowest BCUT2D eigenvalue weighted by Gasteiger charge is -2.25. The standard InChI is InChI=1S/C28H46NO8PSi/c1-10-36-38(32,37-11-2)16-14-29(22(5)30)18-20(3)12-13-23-26(33-6)21(4)24-19-35-28(31)25(24)27(23)34-15-17-39(7,8)9/h12H,10-11,13-19H2,1-9H3. The van der Waals surface area contributed by atoms with Crippen LogP contribution in [0.15, 0.2) is 11.6 Å². The zero-order chi connectivity index (χ0) is 29.4. The Labute approximate surface area is 234 Å². The molecule has 0 radical (unpaired) electrons. The van der Waals surface area contributed by atoms with Gasteiger partial charge in [0.2, 0.25) is 5.91 Å². The summed E-state index contributed by atoms with van der Waals surface area (Å²) in [5.74, 6) is 0.690. The Morgan fingerprint density at radius 1 is 1.13 bits per heavy atom. The number of benzene rings is 1. The molecule has 1 aromatic carbocycles. The second kappa shape index (κ2) is 14.5. The van der Waals surface area contributed by atoms with Crippen LogP contribution in [0.4, 0.5) is 0 Å². The maximum Gasteiger partial charge on any atom is 0.342 e. The Balaban J connectivity index is 2.33. The zero-order valence-corrected chi connectivity index (χ0v) is 27.0. The van der Waals surface area contributed by atoms with Crippen LogP contribution in [0.3, 0.4) is 0 Å². The van der Waals surface area contributed by atoms with Crippen molar-refractivity contribution in [3.8, 4) is 11.5 Å². The molecule has 2 rings (SSSR count). The lowest BCUT2D eigenvalue weighted by atomic mass is 9.94. The van der Waals surface area contributed by atoms with E-state index < -0.39 is 15.7 Å². The lowest BCUT2D eigenvalue weighted by molar-refractivity contribution is -0.128. The van der Waals surface area contributed by atoms with Crippen LogP contribution in [-0.4, -0.2) is 71.0 Å². The predicted octanol–water partition coefficient (Wildman–Crippen LogP) is 5.99. The van der Waals surface area contributed by atoms with Crippen molar-refractivity contribution in [1.82, 2.24) is 4.90 Å². The highest BCUT2D eigenvalue weighted by Gasteiger charge is 2.33. The average molecular weight is 584 g/mol. The van der Waals surface area contributed by atoms with Crippen molar-refractivity contribution >= 4 is 27.5 Å². The first-order valence-electron chi connectivity index (χ1n) is 13.6. The quantitative estimate of drug-likeness (QED) is 0.101. The fourth-order valence-corrected chi connectivity index (χ4v) is 6.74. The molecule has 0 aromatic heterocycles. The summed E-state index contributed by atoms with van der Waals surface area (Å²) in [6.07, 6.45) is 2.58. The molecule has 1 heterocycles. The van der Waals surface area contributed by atoms with E-state index in [2.05, 4.69) is 19.6 Å². The molecule has 0 bridgehead atoms. The summed E-state index contributed by atoms with van der Waals surface area (Å²) in [7, 11) is -3.01. The second-order valence-corrected chi connectivity index (χ2v) is 18.7. The first-order chi connectivity index (χ1) is 18.3. The van der Waals surface area contributed by atoms with Gasteiger partial charge in [-0.2, -0.15) is 0 Å². The Kier molecular flexibility index (Phi) is 12.3. The molecule has 0 atom stereocenters. The van der Waals surface area contributed by atoms with E-state index in [1.807, 2.05) is 19.9 Å². The fraction of sp³-hybridized carbons (Fsp3) is 0.643. The number of rotatable bonds is 16. The number of esters is 1. The van der Waals surface area contributed by atoms with Gasteiger partial charge in [-0.15, -0.1) is 0 Å². The number of carbonyl (C=O) groups is 2. The van der Waals surface area contributed by atoms with E-state index in [0.717, 1.165) is 28.3 Å². The van der Waals surface area contributed by atoms with Crippen molar-refractivity contribution in [1.29, 1.82) is 0 Å². The lowest BCUT2D eigenvalue weighted by Crippen LogP contribution is -2.33. The average Bonchev–Trinajstić information content (AvgIpc) is 3.23. The van der Waals surface area contributed by atoms with Crippen molar-refractivity contribution in [2.24, 2.45) is 0 Å². The smallest absolute Gasteiger partial charge is 0.342 e. The van der Waals surface area contributed by atoms with Crippen molar-refractivity contribution in [3.05, 3.63) is 33.9 Å². The van der Waals surface area contributed by atoms with Crippen molar-refractivity contribution in [3.63, 3.8) is 0 Å². The SMILES string of the molecule is CCOP(=O)(CCN(CC(C)=CCc1c(OC)c(C)c2c(c1OCC[Si](C)(C)C)C(=O)OC2)C(C)=O)OCC. The number of methoxy groups -OCH3 is 1. The summed E-state index contributed by atoms with van der Waals surface area (Å²) in [4.78, 5) is 26.7. The molecule has 0 spiro atoms. The van der Waals surface area contributed by atoms with E-state index in [1.54, 1.807) is 25.9 Å². The molecule has 220 valence electrons. The molecule has 11 heteroatoms. The van der Waals surface area contributed by atoms with Gasteiger partial charge in [0.05, 0.1) is 33.1 Å². The number of carbonyl (C=O) groups excluding carboxylic acids is 2. The van der Waals surface area contributed by atoms with E-state index in [4.69, 9.17) is 23.3 Å². The minimum atomic E-state index is -3.27. The number of fused-ring (bicyclic) bond motifs is 1. The summed E-state index contributed by atoms with van der Waals surface area (Å²) < 4.78 is 41.1. The summed E-state index contributed by atoms with van der Waals surface area (Å²) in [6.45, 7) is 17.6. The van der Waals surface area contributed by atoms with Crippen LogP contribution in [0.1, 0.15) is 54.7 Å². The van der Waals surface area contributed by atoms with Gasteiger partial charge in [0, 0.05) is 39.2 Å². The maximum absolute atomic E-state index is 12.9. The van der Waals surface area contributed by atoms with Gasteiger partial charge in [0.25, 0.3) is 0 Å². The molecule has 0 saturated carbocycles. The highest BCUT2D eigenvalue weighted by molar-refractivity contribution is 7.53. The topological polar surface area (TPSA) is 101 Å². The van der Waals surface area contributed by atoms with Gasteiger partial charge in [-0.3, -0.25) is 9.36 Å². The zero-order valence-electron chi connectivity index (χ0n) is 25.1. The van der Waals surface area contributed by atoms with Crippen LogP contribution >= 0.6 is 7.60 Å². The molecule has 0 N–H and O–H groups in total. The van der Waals surface area contributed by atoms with E-state index in [-0.39, 0.29) is 44.4 Å². The number of cyclic esters (lactones) is 1. The Hall–Kier alpha value is -2.13. The van der Waals surface area contributed by atoms with Crippen molar-refractivity contribution in [2.75, 3.05) is 46.2 Å². The minimum Gasteiger partial charge on any atom is -0.496 e. The molecule has 39 heavy (non-hydrogen) atoms. The first-order valence-corrected chi connectivity index (χ1v) is 19.0. The number of allylic oxidation sites excluding steroid dienone is 1. The normalized spacial score (nSPS) is 13.8. The maximum atomic E-state index is 12.9. The molecule has 1 aliphatic rings. The van der Waals surface area contributed by atoms with Crippen molar-refractivity contribution < 1.29 is 37.4 Å². The molecule has 0 saturated heterocycles. The highest BCUT2D eigenvalue weighted by atomic mass is 31.2. The van der Waals surface area contributed by atoms with E-state index in [1.165, 1.54) is 6.92 Å². The summed E-state index contributed by atoms with van der Waals surface area (Å²) >= 11 is 0. The largest absolute Gasteiger partial charge is 0.496 e. The van der Waals surface area contributed by atoms with Gasteiger partial charge in [0.15, 0.2) is 0 Å². The number of amides is 1. The number of nitrogens with zero attached hydrogens (tertiary/aromatic N) is 1. The van der Waals surface area contributed by atoms with Gasteiger partial charge >= 0.3 is 13.6 Å². The number of hydrogen-bond acceptors (Lipinski definition) is 8. The van der Waals surface area contributed by atoms with Crippen molar-refractivity contribution in [2.45, 2.75) is 73.3 Å². The van der Waals surface area contributed by atoms with Crippen LogP contribution < -0.4 is 9.47 Å². The molecule has 1 aliphatic heterocycles. The third kappa shape index (κ3) is 9.20. The summed E-state index contributed by atoms with van der Waals surface area (Å²) in [5.41, 5.74) is 3.88. The first kappa shape index (κ1) is 33.1. The van der Waals surface area contributed by atoms with Crippen LogP contribution in [0, 0.1) is 6.92 Å². The molecule has 0 unspecified atom stereocenters.